The number of phosphoric ester groups is 1. The zero-order chi connectivity index (χ0) is 21.8. The summed E-state index contributed by atoms with van der Waals surface area (Å²) >= 11 is 0. The number of phosphoric acid groups is 1. The van der Waals surface area contributed by atoms with E-state index in [1.165, 1.54) is 42.9 Å². The number of fused-ring (bicyclic) bond motifs is 1. The molecule has 29 heavy (non-hydrogen) atoms. The van der Waals surface area contributed by atoms with Gasteiger partial charge in [0.15, 0.2) is 6.23 Å². The van der Waals surface area contributed by atoms with Crippen molar-refractivity contribution in [3.8, 4) is 0 Å². The first-order valence-electron chi connectivity index (χ1n) is 9.79. The van der Waals surface area contributed by atoms with E-state index in [4.69, 9.17) is 19.5 Å². The number of rotatable bonds is 6. The molecule has 11 nitrogen and oxygen atoms in total. The van der Waals surface area contributed by atoms with Crippen LogP contribution in [-0.2, 0) is 18.3 Å². The minimum Gasteiger partial charge on any atom is -0.756 e. The van der Waals surface area contributed by atoms with E-state index in [2.05, 4.69) is 32.7 Å². The third kappa shape index (κ3) is 5.24. The quantitative estimate of drug-likeness (QED) is 0.460. The van der Waals surface area contributed by atoms with Gasteiger partial charge >= 0.3 is 5.69 Å². The molecule has 0 amide bonds. The van der Waals surface area contributed by atoms with Crippen LogP contribution in [0.15, 0.2) is 17.1 Å². The van der Waals surface area contributed by atoms with Crippen molar-refractivity contribution < 1.29 is 32.8 Å². The number of quaternary nitrogens is 1. The van der Waals surface area contributed by atoms with Crippen molar-refractivity contribution in [2.75, 3.05) is 38.5 Å². The Labute approximate surface area is 170 Å². The van der Waals surface area contributed by atoms with E-state index in [0.717, 1.165) is 4.57 Å². The van der Waals surface area contributed by atoms with Crippen molar-refractivity contribution >= 4 is 13.6 Å². The molecule has 0 radical (unpaired) electrons. The van der Waals surface area contributed by atoms with Gasteiger partial charge in [0, 0.05) is 6.20 Å². The number of nitrogens with two attached hydrogens (primary N) is 1. The molecule has 166 valence electrons. The Kier molecular flexibility index (Phi) is 7.97. The molecule has 0 aromatic carbocycles. The van der Waals surface area contributed by atoms with Crippen LogP contribution < -0.4 is 16.3 Å². The fraction of sp³-hybridized carbons (Fsp3) is 0.765. The van der Waals surface area contributed by atoms with E-state index < -0.39 is 44.7 Å². The lowest BCUT2D eigenvalue weighted by Crippen LogP contribution is -2.47. The van der Waals surface area contributed by atoms with E-state index in [-0.39, 0.29) is 5.82 Å². The summed E-state index contributed by atoms with van der Waals surface area (Å²) in [5.41, 5.74) is 4.65. The van der Waals surface area contributed by atoms with Crippen LogP contribution >= 0.6 is 7.82 Å². The van der Waals surface area contributed by atoms with E-state index >= 15 is 0 Å². The van der Waals surface area contributed by atoms with Crippen LogP contribution in [0, 0.1) is 0 Å². The summed E-state index contributed by atoms with van der Waals surface area (Å²) in [6.07, 6.45) is -2.73. The largest absolute Gasteiger partial charge is 0.756 e. The Morgan fingerprint density at radius 1 is 1.21 bits per heavy atom. The zero-order valence-electron chi connectivity index (χ0n) is 17.3. The first kappa shape index (κ1) is 23.9. The molecule has 2 saturated heterocycles. The van der Waals surface area contributed by atoms with Crippen molar-refractivity contribution in [2.45, 2.75) is 52.2 Å². The van der Waals surface area contributed by atoms with E-state index in [0.29, 0.717) is 0 Å². The van der Waals surface area contributed by atoms with Gasteiger partial charge in [-0.05, 0) is 33.8 Å². The molecule has 3 heterocycles. The lowest BCUT2D eigenvalue weighted by atomic mass is 10.1. The molecular formula is C17H31N4O7P. The van der Waals surface area contributed by atoms with Crippen molar-refractivity contribution in [3.63, 3.8) is 0 Å². The normalized spacial score (nSPS) is 31.2. The summed E-state index contributed by atoms with van der Waals surface area (Å²) in [6, 6.07) is 1.36. The van der Waals surface area contributed by atoms with Crippen molar-refractivity contribution in [2.24, 2.45) is 0 Å². The standard InChI is InChI=1S/C9H12N3O7P.C8H20N/c10-5-1-2-12(9(14)11-5)8-7-6(4(3-13)17-8)18-20(15,16)19-7;1-5-9(6-2,7-3)8-4/h1-2,4,6-8,13H,3H2,(H,15,16)(H2,10,11,14);5-8H2,1-4H3/q;+1/p-1/t4-,6-,7-,8-;/m1./s1. The highest BCUT2D eigenvalue weighted by atomic mass is 31.2. The van der Waals surface area contributed by atoms with Gasteiger partial charge in [-0.3, -0.25) is 9.13 Å². The number of anilines is 1. The topological polar surface area (TPSA) is 149 Å². The second-order valence-corrected chi connectivity index (χ2v) is 8.30. The number of aliphatic hydroxyl groups excluding tert-OH is 1. The number of aliphatic hydroxyl groups is 1. The van der Waals surface area contributed by atoms with Crippen LogP contribution in [0.25, 0.3) is 0 Å². The summed E-state index contributed by atoms with van der Waals surface area (Å²) in [7, 11) is -4.46. The van der Waals surface area contributed by atoms with Gasteiger partial charge < -0.3 is 34.0 Å². The van der Waals surface area contributed by atoms with E-state index in [1.54, 1.807) is 0 Å². The Morgan fingerprint density at radius 3 is 2.21 bits per heavy atom. The summed E-state index contributed by atoms with van der Waals surface area (Å²) in [5.74, 6) is 0.0255. The third-order valence-corrected chi connectivity index (χ3v) is 6.78. The van der Waals surface area contributed by atoms with Crippen LogP contribution in [0.1, 0.15) is 33.9 Å². The fourth-order valence-corrected chi connectivity index (χ4v) is 4.73. The fourth-order valence-electron chi connectivity index (χ4n) is 3.60. The molecule has 3 N–H and O–H groups in total. The minimum atomic E-state index is -4.46. The highest BCUT2D eigenvalue weighted by Crippen LogP contribution is 2.55. The maximum atomic E-state index is 11.8. The Hall–Kier alpha value is -1.33. The molecule has 1 aromatic rings. The molecule has 5 atom stereocenters. The molecular weight excluding hydrogens is 403 g/mol. The molecule has 0 aliphatic carbocycles. The summed E-state index contributed by atoms with van der Waals surface area (Å²) in [4.78, 5) is 26.6. The zero-order valence-corrected chi connectivity index (χ0v) is 18.2. The predicted molar refractivity (Wildman–Crippen MR) is 104 cm³/mol. The molecule has 0 saturated carbocycles. The Bertz CT molecular complexity index is 768. The lowest BCUT2D eigenvalue weighted by Gasteiger charge is -2.34. The highest BCUT2D eigenvalue weighted by Gasteiger charge is 2.54. The number of hydrogen-bond donors (Lipinski definition) is 2. The van der Waals surface area contributed by atoms with Crippen LogP contribution in [0.2, 0.25) is 0 Å². The molecule has 2 fully saturated rings. The second kappa shape index (κ2) is 9.65. The molecule has 1 aromatic heterocycles. The molecule has 1 unspecified atom stereocenters. The molecule has 0 spiro atoms. The van der Waals surface area contributed by atoms with E-state index in [9.17, 15) is 19.4 Å². The summed E-state index contributed by atoms with van der Waals surface area (Å²) < 4.78 is 28.6. The monoisotopic (exact) mass is 434 g/mol. The van der Waals surface area contributed by atoms with Crippen molar-refractivity contribution in [1.82, 2.24) is 9.55 Å². The molecule has 2 aliphatic rings. The minimum absolute atomic E-state index is 0.0255. The summed E-state index contributed by atoms with van der Waals surface area (Å²) in [5, 5.41) is 9.19. The number of nitrogen functional groups attached to an aromatic ring is 1. The maximum absolute atomic E-state index is 11.8. The van der Waals surface area contributed by atoms with Crippen LogP contribution in [0.3, 0.4) is 0 Å². The van der Waals surface area contributed by atoms with Crippen LogP contribution in [0.5, 0.6) is 0 Å². The Balaban J connectivity index is 0.000000284. The van der Waals surface area contributed by atoms with Gasteiger partial charge in [0.2, 0.25) is 0 Å². The van der Waals surface area contributed by atoms with Gasteiger partial charge in [0.1, 0.15) is 24.1 Å². The number of nitrogens with zero attached hydrogens (tertiary/aromatic N) is 3. The number of hydrogen-bond acceptors (Lipinski definition) is 9. The molecule has 12 heteroatoms. The average molecular weight is 434 g/mol. The SMILES string of the molecule is CC[N+](CC)(CC)CC.Nc1ccn([C@@H]2O[C@H](CO)[C@H]3OP(=O)([O-])O[C@H]32)c(=O)n1. The molecule has 0 bridgehead atoms. The van der Waals surface area contributed by atoms with Crippen LogP contribution in [0.4, 0.5) is 5.82 Å². The van der Waals surface area contributed by atoms with Crippen molar-refractivity contribution in [3.05, 3.63) is 22.7 Å². The second-order valence-electron chi connectivity index (χ2n) is 6.98. The third-order valence-electron chi connectivity index (χ3n) is 5.78. The summed E-state index contributed by atoms with van der Waals surface area (Å²) in [6.45, 7) is 13.7. The first-order valence-corrected chi connectivity index (χ1v) is 11.3. The van der Waals surface area contributed by atoms with Crippen molar-refractivity contribution in [1.29, 1.82) is 0 Å². The smallest absolute Gasteiger partial charge is 0.351 e. The van der Waals surface area contributed by atoms with Gasteiger partial charge in [-0.2, -0.15) is 4.98 Å². The first-order chi connectivity index (χ1) is 13.7. The Morgan fingerprint density at radius 2 is 1.76 bits per heavy atom. The molecule has 3 rings (SSSR count). The number of aromatic nitrogens is 2. The van der Waals surface area contributed by atoms with Gasteiger partial charge in [0.05, 0.1) is 32.8 Å². The van der Waals surface area contributed by atoms with Gasteiger partial charge in [-0.15, -0.1) is 0 Å². The average Bonchev–Trinajstić information content (AvgIpc) is 3.18. The van der Waals surface area contributed by atoms with Gasteiger partial charge in [0.25, 0.3) is 7.82 Å². The van der Waals surface area contributed by atoms with E-state index in [1.807, 2.05) is 0 Å². The van der Waals surface area contributed by atoms with Gasteiger partial charge in [-0.25, -0.2) is 4.79 Å². The van der Waals surface area contributed by atoms with Gasteiger partial charge in [-0.1, -0.05) is 0 Å². The predicted octanol–water partition coefficient (Wildman–Crippen LogP) is -0.150. The molecule has 2 aliphatic heterocycles. The lowest BCUT2D eigenvalue weighted by molar-refractivity contribution is -0.921. The maximum Gasteiger partial charge on any atom is 0.351 e. The number of ether oxygens (including phenoxy) is 1. The highest BCUT2D eigenvalue weighted by molar-refractivity contribution is 7.46. The van der Waals surface area contributed by atoms with Crippen LogP contribution in [-0.4, -0.2) is 70.2 Å².